The van der Waals surface area contributed by atoms with Crippen LogP contribution in [-0.4, -0.2) is 27.2 Å². The highest BCUT2D eigenvalue weighted by atomic mass is 16.5. The molecular formula is C33H24N2O3. The first kappa shape index (κ1) is 22.6. The lowest BCUT2D eigenvalue weighted by Crippen LogP contribution is -2.54. The van der Waals surface area contributed by atoms with Crippen LogP contribution in [0.15, 0.2) is 120 Å². The summed E-state index contributed by atoms with van der Waals surface area (Å²) in [5, 5.41) is 14.4. The topological polar surface area (TPSA) is 71.8 Å². The fraction of sp³-hybridized carbons (Fsp3) is 0.121. The summed E-state index contributed by atoms with van der Waals surface area (Å²) in [6.07, 6.45) is 1.71. The van der Waals surface area contributed by atoms with E-state index in [0.717, 1.165) is 21.9 Å². The molecule has 0 aliphatic carbocycles. The molecule has 0 radical (unpaired) electrons. The number of pyridine rings is 1. The lowest BCUT2D eigenvalue weighted by molar-refractivity contribution is -0.0156. The van der Waals surface area contributed by atoms with Crippen molar-refractivity contribution in [1.82, 2.24) is 4.98 Å². The van der Waals surface area contributed by atoms with E-state index in [1.54, 1.807) is 18.3 Å². The van der Waals surface area contributed by atoms with Gasteiger partial charge < -0.3 is 9.84 Å². The molecule has 0 unspecified atom stereocenters. The molecule has 2 aliphatic heterocycles. The largest absolute Gasteiger partial charge is 0.471 e. The van der Waals surface area contributed by atoms with Gasteiger partial charge in [0.2, 0.25) is 11.4 Å². The fourth-order valence-corrected chi connectivity index (χ4v) is 5.93. The lowest BCUT2D eigenvalue weighted by atomic mass is 9.70. The van der Waals surface area contributed by atoms with Crippen molar-refractivity contribution >= 4 is 22.3 Å². The molecule has 38 heavy (non-hydrogen) atoms. The SMILES string of the molecule is Cc1ccc([C@H]2[C@@]3(Oc4ccccc4C3=O)C(c3nccc4ccccc34)=N[C@]2(O)c2ccccc2)cc1. The van der Waals surface area contributed by atoms with E-state index in [1.807, 2.05) is 104 Å². The number of hydrogen-bond donors (Lipinski definition) is 1. The Hall–Kier alpha value is -4.61. The Kier molecular flexibility index (Phi) is 4.87. The zero-order chi connectivity index (χ0) is 25.9. The highest BCUT2D eigenvalue weighted by Gasteiger charge is 2.69. The Bertz CT molecular complexity index is 1740. The number of benzene rings is 4. The standard InChI is InChI=1S/C33H24N2O3/c1-21-15-17-23(18-16-21)29-32(31(36)26-13-7-8-14-27(26)38-32)30(35-33(29,37)24-10-3-2-4-11-24)28-25-12-6-5-9-22(25)19-20-34-28/h2-20,29,37H,1H3/t29-,32+,33-/m0/s1. The number of rotatable bonds is 3. The average molecular weight is 497 g/mol. The van der Waals surface area contributed by atoms with E-state index in [4.69, 9.17) is 14.7 Å². The smallest absolute Gasteiger partial charge is 0.227 e. The third-order valence-corrected chi connectivity index (χ3v) is 7.69. The van der Waals surface area contributed by atoms with Crippen molar-refractivity contribution in [3.05, 3.63) is 143 Å². The van der Waals surface area contributed by atoms with Gasteiger partial charge in [0.05, 0.1) is 17.2 Å². The summed E-state index contributed by atoms with van der Waals surface area (Å²) in [6.45, 7) is 2.01. The Morgan fingerprint density at radius 2 is 1.53 bits per heavy atom. The van der Waals surface area contributed by atoms with Crippen molar-refractivity contribution in [2.45, 2.75) is 24.2 Å². The zero-order valence-corrected chi connectivity index (χ0v) is 20.7. The molecule has 2 aliphatic rings. The van der Waals surface area contributed by atoms with Gasteiger partial charge in [0.25, 0.3) is 0 Å². The molecule has 1 aromatic heterocycles. The number of aliphatic hydroxyl groups is 1. The van der Waals surface area contributed by atoms with Gasteiger partial charge in [-0.05, 0) is 36.1 Å². The van der Waals surface area contributed by atoms with E-state index in [0.29, 0.717) is 28.3 Å². The molecule has 5 heteroatoms. The number of fused-ring (bicyclic) bond motifs is 2. The third-order valence-electron chi connectivity index (χ3n) is 7.69. The van der Waals surface area contributed by atoms with Crippen LogP contribution in [0.5, 0.6) is 5.75 Å². The van der Waals surface area contributed by atoms with Crippen LogP contribution in [0.4, 0.5) is 0 Å². The molecule has 5 aromatic rings. The molecular weight excluding hydrogens is 472 g/mol. The predicted octanol–water partition coefficient (Wildman–Crippen LogP) is 5.99. The van der Waals surface area contributed by atoms with Crippen LogP contribution in [0.25, 0.3) is 10.8 Å². The molecule has 0 bridgehead atoms. The maximum absolute atomic E-state index is 14.6. The monoisotopic (exact) mass is 496 g/mol. The summed E-state index contributed by atoms with van der Waals surface area (Å²) < 4.78 is 6.72. The highest BCUT2D eigenvalue weighted by molar-refractivity contribution is 6.31. The van der Waals surface area contributed by atoms with Crippen LogP contribution >= 0.6 is 0 Å². The normalized spacial score (nSPS) is 23.9. The number of para-hydroxylation sites is 1. The van der Waals surface area contributed by atoms with Gasteiger partial charge in [0, 0.05) is 17.1 Å². The van der Waals surface area contributed by atoms with E-state index in [9.17, 15) is 9.90 Å². The highest BCUT2D eigenvalue weighted by Crippen LogP contribution is 2.57. The third kappa shape index (κ3) is 3.06. The summed E-state index contributed by atoms with van der Waals surface area (Å²) in [5.74, 6) is -0.632. The molecule has 1 spiro atoms. The van der Waals surface area contributed by atoms with Crippen molar-refractivity contribution in [3.8, 4) is 5.75 Å². The number of hydrogen-bond acceptors (Lipinski definition) is 5. The van der Waals surface area contributed by atoms with Gasteiger partial charge in [-0.25, -0.2) is 4.99 Å². The summed E-state index contributed by atoms with van der Waals surface area (Å²) >= 11 is 0. The molecule has 3 heterocycles. The van der Waals surface area contributed by atoms with Gasteiger partial charge >= 0.3 is 0 Å². The molecule has 4 aromatic carbocycles. The zero-order valence-electron chi connectivity index (χ0n) is 20.7. The molecule has 0 amide bonds. The minimum atomic E-state index is -1.79. The summed E-state index contributed by atoms with van der Waals surface area (Å²) in [6, 6.07) is 34.2. The minimum Gasteiger partial charge on any atom is -0.471 e. The molecule has 1 N–H and O–H groups in total. The van der Waals surface area contributed by atoms with Crippen LogP contribution in [0.1, 0.15) is 38.7 Å². The molecule has 0 fully saturated rings. The van der Waals surface area contributed by atoms with Crippen molar-refractivity contribution in [3.63, 3.8) is 0 Å². The molecule has 5 nitrogen and oxygen atoms in total. The van der Waals surface area contributed by atoms with Crippen LogP contribution in [0.2, 0.25) is 0 Å². The number of ether oxygens (including phenoxy) is 1. The second-order valence-corrected chi connectivity index (χ2v) is 9.94. The van der Waals surface area contributed by atoms with E-state index in [1.165, 1.54) is 0 Å². The Labute approximate surface area is 220 Å². The van der Waals surface area contributed by atoms with E-state index in [-0.39, 0.29) is 5.78 Å². The quantitative estimate of drug-likeness (QED) is 0.333. The Morgan fingerprint density at radius 3 is 2.32 bits per heavy atom. The predicted molar refractivity (Wildman–Crippen MR) is 147 cm³/mol. The molecule has 3 atom stereocenters. The molecule has 184 valence electrons. The van der Waals surface area contributed by atoms with Gasteiger partial charge in [-0.1, -0.05) is 96.6 Å². The second-order valence-electron chi connectivity index (χ2n) is 9.94. The minimum absolute atomic E-state index is 0.237. The van der Waals surface area contributed by atoms with Gasteiger partial charge in [0.1, 0.15) is 11.5 Å². The van der Waals surface area contributed by atoms with E-state index >= 15 is 0 Å². The number of aromatic nitrogens is 1. The van der Waals surface area contributed by atoms with Crippen molar-refractivity contribution in [2.24, 2.45) is 4.99 Å². The Balaban J connectivity index is 1.59. The van der Waals surface area contributed by atoms with Gasteiger partial charge in [0.15, 0.2) is 5.72 Å². The Morgan fingerprint density at radius 1 is 0.816 bits per heavy atom. The van der Waals surface area contributed by atoms with Gasteiger partial charge in [-0.2, -0.15) is 0 Å². The van der Waals surface area contributed by atoms with Crippen LogP contribution in [0.3, 0.4) is 0 Å². The maximum atomic E-state index is 14.6. The number of Topliss-reactive ketones (excluding diaryl/α,β-unsaturated/α-hetero) is 1. The average Bonchev–Trinajstić information content (AvgIpc) is 3.40. The van der Waals surface area contributed by atoms with Gasteiger partial charge in [-0.15, -0.1) is 0 Å². The maximum Gasteiger partial charge on any atom is 0.227 e. The van der Waals surface area contributed by atoms with E-state index < -0.39 is 17.2 Å². The number of nitrogens with zero attached hydrogens (tertiary/aromatic N) is 2. The lowest BCUT2D eigenvalue weighted by Gasteiger charge is -2.37. The summed E-state index contributed by atoms with van der Waals surface area (Å²) in [7, 11) is 0. The molecule has 7 rings (SSSR count). The first-order valence-electron chi connectivity index (χ1n) is 12.6. The van der Waals surface area contributed by atoms with Crippen molar-refractivity contribution in [2.75, 3.05) is 0 Å². The van der Waals surface area contributed by atoms with Gasteiger partial charge in [-0.3, -0.25) is 9.78 Å². The summed E-state index contributed by atoms with van der Waals surface area (Å²) in [5.41, 5.74) is 0.302. The summed E-state index contributed by atoms with van der Waals surface area (Å²) in [4.78, 5) is 24.3. The number of carbonyl (C=O) groups is 1. The van der Waals surface area contributed by atoms with Crippen LogP contribution in [0, 0.1) is 6.92 Å². The second kappa shape index (κ2) is 8.20. The van der Waals surface area contributed by atoms with E-state index in [2.05, 4.69) is 0 Å². The van der Waals surface area contributed by atoms with Crippen molar-refractivity contribution < 1.29 is 14.6 Å². The number of ketones is 1. The number of carbonyl (C=O) groups excluding carboxylic acids is 1. The van der Waals surface area contributed by atoms with Crippen LogP contribution < -0.4 is 4.74 Å². The molecule has 0 saturated carbocycles. The number of aryl methyl sites for hydroxylation is 1. The van der Waals surface area contributed by atoms with Crippen molar-refractivity contribution in [1.29, 1.82) is 0 Å². The fourth-order valence-electron chi connectivity index (χ4n) is 5.93. The number of aliphatic imine (C=N–C) groups is 1. The molecule has 0 saturated heterocycles. The van der Waals surface area contributed by atoms with Crippen LogP contribution in [-0.2, 0) is 5.72 Å². The first-order valence-corrected chi connectivity index (χ1v) is 12.6. The first-order chi connectivity index (χ1) is 18.5.